The number of fused-ring (bicyclic) bond motifs is 1. The van der Waals surface area contributed by atoms with E-state index in [2.05, 4.69) is 6.92 Å². The van der Waals surface area contributed by atoms with E-state index >= 15 is 0 Å². The van der Waals surface area contributed by atoms with Gasteiger partial charge in [0.15, 0.2) is 0 Å². The Hall–Kier alpha value is -2.23. The third-order valence-corrected chi connectivity index (χ3v) is 3.21. The summed E-state index contributed by atoms with van der Waals surface area (Å²) in [6, 6.07) is 6.85. The minimum Gasteiger partial charge on any atom is -0.506 e. The number of aryl methyl sites for hydroxylation is 1. The zero-order chi connectivity index (χ0) is 14.7. The van der Waals surface area contributed by atoms with Gasteiger partial charge >= 0.3 is 5.97 Å². The molecule has 0 heterocycles. The van der Waals surface area contributed by atoms with Crippen molar-refractivity contribution in [3.63, 3.8) is 0 Å². The quantitative estimate of drug-likeness (QED) is 0.815. The number of rotatable bonds is 5. The molecule has 0 unspecified atom stereocenters. The summed E-state index contributed by atoms with van der Waals surface area (Å²) in [4.78, 5) is 11.2. The first kappa shape index (κ1) is 14.2. The minimum absolute atomic E-state index is 0.132. The number of unbranched alkanes of at least 4 members (excludes halogenated alkanes) is 1. The Morgan fingerprint density at radius 1 is 1.25 bits per heavy atom. The van der Waals surface area contributed by atoms with E-state index < -0.39 is 5.97 Å². The van der Waals surface area contributed by atoms with Gasteiger partial charge in [0.1, 0.15) is 17.1 Å². The SMILES string of the molecule is CCCCOc1cc(C(=O)O)c(O)c2ccc(C)cc12. The molecule has 0 radical (unpaired) electrons. The number of hydrogen-bond acceptors (Lipinski definition) is 3. The van der Waals surface area contributed by atoms with Gasteiger partial charge in [0.25, 0.3) is 0 Å². The van der Waals surface area contributed by atoms with Crippen LogP contribution in [0.25, 0.3) is 10.8 Å². The molecule has 0 saturated carbocycles. The Bertz CT molecular complexity index is 646. The lowest BCUT2D eigenvalue weighted by Gasteiger charge is -2.13. The Kier molecular flexibility index (Phi) is 4.13. The number of carboxylic acid groups (broad SMARTS) is 1. The molecule has 0 aliphatic carbocycles. The maximum Gasteiger partial charge on any atom is 0.339 e. The van der Waals surface area contributed by atoms with Gasteiger partial charge < -0.3 is 14.9 Å². The van der Waals surface area contributed by atoms with E-state index in [1.54, 1.807) is 6.07 Å². The predicted octanol–water partition coefficient (Wildman–Crippen LogP) is 3.73. The van der Waals surface area contributed by atoms with Crippen LogP contribution in [0.5, 0.6) is 11.5 Å². The van der Waals surface area contributed by atoms with Crippen LogP contribution in [0, 0.1) is 6.92 Å². The van der Waals surface area contributed by atoms with E-state index in [4.69, 9.17) is 9.84 Å². The van der Waals surface area contributed by atoms with Gasteiger partial charge in [-0.1, -0.05) is 31.0 Å². The maximum absolute atomic E-state index is 11.2. The second-order valence-electron chi connectivity index (χ2n) is 4.83. The Morgan fingerprint density at radius 2 is 2.00 bits per heavy atom. The molecule has 106 valence electrons. The monoisotopic (exact) mass is 274 g/mol. The molecule has 0 atom stereocenters. The fourth-order valence-corrected chi connectivity index (χ4v) is 2.10. The number of ether oxygens (including phenoxy) is 1. The molecule has 2 aromatic carbocycles. The van der Waals surface area contributed by atoms with Crippen molar-refractivity contribution in [3.05, 3.63) is 35.4 Å². The van der Waals surface area contributed by atoms with Gasteiger partial charge in [-0.05, 0) is 25.5 Å². The van der Waals surface area contributed by atoms with Crippen LogP contribution >= 0.6 is 0 Å². The number of hydrogen-bond donors (Lipinski definition) is 2. The first-order chi connectivity index (χ1) is 9.54. The van der Waals surface area contributed by atoms with Gasteiger partial charge in [0.05, 0.1) is 6.61 Å². The number of carboxylic acids is 1. The summed E-state index contributed by atoms with van der Waals surface area (Å²) in [5.41, 5.74) is 0.896. The molecular formula is C16H18O4. The van der Waals surface area contributed by atoms with Crippen molar-refractivity contribution < 1.29 is 19.7 Å². The van der Waals surface area contributed by atoms with Crippen LogP contribution in [0.2, 0.25) is 0 Å². The second-order valence-corrected chi connectivity index (χ2v) is 4.83. The van der Waals surface area contributed by atoms with Crippen molar-refractivity contribution in [3.8, 4) is 11.5 Å². The molecule has 0 bridgehead atoms. The summed E-state index contributed by atoms with van der Waals surface area (Å²) in [6.07, 6.45) is 1.90. The molecule has 0 aromatic heterocycles. The molecule has 2 aromatic rings. The van der Waals surface area contributed by atoms with Gasteiger partial charge in [-0.2, -0.15) is 0 Å². The molecule has 4 heteroatoms. The Morgan fingerprint density at radius 3 is 2.65 bits per heavy atom. The topological polar surface area (TPSA) is 66.8 Å². The van der Waals surface area contributed by atoms with E-state index in [9.17, 15) is 9.90 Å². The number of aromatic carboxylic acids is 1. The van der Waals surface area contributed by atoms with Crippen LogP contribution in [0.4, 0.5) is 0 Å². The fourth-order valence-electron chi connectivity index (χ4n) is 2.10. The highest BCUT2D eigenvalue weighted by atomic mass is 16.5. The van der Waals surface area contributed by atoms with Gasteiger partial charge in [-0.15, -0.1) is 0 Å². The maximum atomic E-state index is 11.2. The normalized spacial score (nSPS) is 10.7. The molecule has 0 fully saturated rings. The molecule has 4 nitrogen and oxygen atoms in total. The van der Waals surface area contributed by atoms with E-state index in [-0.39, 0.29) is 11.3 Å². The van der Waals surface area contributed by atoms with Gasteiger partial charge in [0.2, 0.25) is 0 Å². The molecule has 0 aliphatic heterocycles. The zero-order valence-corrected chi connectivity index (χ0v) is 11.6. The lowest BCUT2D eigenvalue weighted by Crippen LogP contribution is -2.02. The van der Waals surface area contributed by atoms with Crippen molar-refractivity contribution in [2.45, 2.75) is 26.7 Å². The highest BCUT2D eigenvalue weighted by Gasteiger charge is 2.17. The van der Waals surface area contributed by atoms with Crippen LogP contribution in [-0.4, -0.2) is 22.8 Å². The lowest BCUT2D eigenvalue weighted by molar-refractivity contribution is 0.0693. The minimum atomic E-state index is -1.16. The molecule has 2 N–H and O–H groups in total. The summed E-state index contributed by atoms with van der Waals surface area (Å²) in [6.45, 7) is 4.53. The number of benzene rings is 2. The molecule has 0 aliphatic rings. The van der Waals surface area contributed by atoms with Crippen molar-refractivity contribution in [2.24, 2.45) is 0 Å². The number of aromatic hydroxyl groups is 1. The average molecular weight is 274 g/mol. The van der Waals surface area contributed by atoms with E-state index in [1.807, 2.05) is 19.1 Å². The first-order valence-corrected chi connectivity index (χ1v) is 6.67. The van der Waals surface area contributed by atoms with Crippen molar-refractivity contribution in [2.75, 3.05) is 6.61 Å². The van der Waals surface area contributed by atoms with Crippen LogP contribution in [-0.2, 0) is 0 Å². The van der Waals surface area contributed by atoms with E-state index in [0.29, 0.717) is 17.7 Å². The van der Waals surface area contributed by atoms with E-state index in [1.165, 1.54) is 6.07 Å². The van der Waals surface area contributed by atoms with Gasteiger partial charge in [-0.25, -0.2) is 4.79 Å². The molecular weight excluding hydrogens is 256 g/mol. The summed E-state index contributed by atoms with van der Waals surface area (Å²) in [5.74, 6) is -0.868. The summed E-state index contributed by atoms with van der Waals surface area (Å²) >= 11 is 0. The zero-order valence-electron chi connectivity index (χ0n) is 11.6. The standard InChI is InChI=1S/C16H18O4/c1-3-4-7-20-14-9-13(16(18)19)15(17)11-6-5-10(2)8-12(11)14/h5-6,8-9,17H,3-4,7H2,1-2H3,(H,18,19). The number of carbonyl (C=O) groups is 1. The van der Waals surface area contributed by atoms with Crippen molar-refractivity contribution in [1.82, 2.24) is 0 Å². The predicted molar refractivity (Wildman–Crippen MR) is 77.7 cm³/mol. The fraction of sp³-hybridized carbons (Fsp3) is 0.312. The molecule has 20 heavy (non-hydrogen) atoms. The summed E-state index contributed by atoms with van der Waals surface area (Å²) in [5, 5.41) is 20.5. The largest absolute Gasteiger partial charge is 0.506 e. The van der Waals surface area contributed by atoms with E-state index in [0.717, 1.165) is 23.8 Å². The lowest BCUT2D eigenvalue weighted by atomic mass is 10.0. The van der Waals surface area contributed by atoms with Crippen LogP contribution in [0.1, 0.15) is 35.7 Å². The van der Waals surface area contributed by atoms with Crippen molar-refractivity contribution >= 4 is 16.7 Å². The molecule has 0 saturated heterocycles. The highest BCUT2D eigenvalue weighted by Crippen LogP contribution is 2.36. The molecule has 0 amide bonds. The third kappa shape index (κ3) is 2.69. The average Bonchev–Trinajstić information content (AvgIpc) is 2.41. The first-order valence-electron chi connectivity index (χ1n) is 6.67. The van der Waals surface area contributed by atoms with Crippen LogP contribution in [0.15, 0.2) is 24.3 Å². The second kappa shape index (κ2) is 5.82. The highest BCUT2D eigenvalue weighted by molar-refractivity contribution is 6.03. The van der Waals surface area contributed by atoms with Crippen molar-refractivity contribution in [1.29, 1.82) is 0 Å². The van der Waals surface area contributed by atoms with Gasteiger partial charge in [-0.3, -0.25) is 0 Å². The smallest absolute Gasteiger partial charge is 0.339 e. The Labute approximate surface area is 117 Å². The Balaban J connectivity index is 2.60. The van der Waals surface area contributed by atoms with Gasteiger partial charge in [0, 0.05) is 10.8 Å². The molecule has 2 rings (SSSR count). The summed E-state index contributed by atoms with van der Waals surface area (Å²) in [7, 11) is 0. The summed E-state index contributed by atoms with van der Waals surface area (Å²) < 4.78 is 5.69. The van der Waals surface area contributed by atoms with Crippen LogP contribution < -0.4 is 4.74 Å². The third-order valence-electron chi connectivity index (χ3n) is 3.21. The van der Waals surface area contributed by atoms with Crippen LogP contribution in [0.3, 0.4) is 0 Å². The number of phenols is 1. The molecule has 0 spiro atoms.